The van der Waals surface area contributed by atoms with E-state index < -0.39 is 0 Å². The molecule has 170 valence electrons. The van der Waals surface area contributed by atoms with E-state index in [-0.39, 0.29) is 5.41 Å². The molecule has 35 heavy (non-hydrogen) atoms. The Labute approximate surface area is 208 Å². The molecule has 0 fully saturated rings. The van der Waals surface area contributed by atoms with Gasteiger partial charge in [-0.05, 0) is 79.1 Å². The Bertz CT molecular complexity index is 1520. The molecule has 1 aliphatic carbocycles. The Morgan fingerprint density at radius 1 is 0.486 bits per heavy atom. The third-order valence-electron chi connectivity index (χ3n) is 7.27. The average molecular weight is 451 g/mol. The van der Waals surface area contributed by atoms with E-state index in [0.29, 0.717) is 0 Å². The summed E-state index contributed by atoms with van der Waals surface area (Å²) in [6, 6.07) is 42.4. The van der Waals surface area contributed by atoms with E-state index >= 15 is 0 Å². The minimum atomic E-state index is 0.0918. The summed E-state index contributed by atoms with van der Waals surface area (Å²) in [5, 5.41) is 0. The fourth-order valence-electron chi connectivity index (χ4n) is 5.48. The summed E-state index contributed by atoms with van der Waals surface area (Å²) in [6.07, 6.45) is 0.970. The lowest BCUT2D eigenvalue weighted by Crippen LogP contribution is -2.10. The molecule has 0 heteroatoms. The van der Waals surface area contributed by atoms with Crippen molar-refractivity contribution in [3.63, 3.8) is 0 Å². The van der Waals surface area contributed by atoms with Crippen LogP contribution in [0.15, 0.2) is 115 Å². The fourth-order valence-corrected chi connectivity index (χ4v) is 5.48. The van der Waals surface area contributed by atoms with Gasteiger partial charge in [-0.1, -0.05) is 130 Å². The Kier molecular flexibility index (Phi) is 5.19. The van der Waals surface area contributed by atoms with Gasteiger partial charge in [0.05, 0.1) is 0 Å². The predicted molar refractivity (Wildman–Crippen MR) is 150 cm³/mol. The summed E-state index contributed by atoms with van der Waals surface area (Å²) in [5.41, 5.74) is 14.9. The molecule has 0 N–H and O–H groups in total. The molecular formula is C35H30. The lowest BCUT2D eigenvalue weighted by Gasteiger charge is -2.23. The highest BCUT2D eigenvalue weighted by molar-refractivity contribution is 6.01. The van der Waals surface area contributed by atoms with E-state index in [1.165, 1.54) is 61.2 Å². The number of rotatable bonds is 3. The Balaban J connectivity index is 1.74. The zero-order valence-corrected chi connectivity index (χ0v) is 20.7. The lowest BCUT2D eigenvalue weighted by molar-refractivity contribution is 0.590. The van der Waals surface area contributed by atoms with Gasteiger partial charge >= 0.3 is 0 Å². The molecule has 0 aliphatic heterocycles. The maximum Gasteiger partial charge on any atom is -0.000705 e. The molecule has 5 aromatic rings. The Morgan fingerprint density at radius 2 is 1.09 bits per heavy atom. The van der Waals surface area contributed by atoms with E-state index in [9.17, 15) is 0 Å². The zero-order valence-electron chi connectivity index (χ0n) is 20.7. The molecule has 0 spiro atoms. The maximum atomic E-state index is 2.46. The van der Waals surface area contributed by atoms with Crippen molar-refractivity contribution < 1.29 is 0 Å². The molecule has 5 aromatic carbocycles. The molecule has 0 nitrogen and oxygen atoms in total. The third-order valence-corrected chi connectivity index (χ3v) is 7.27. The normalized spacial score (nSPS) is 12.3. The van der Waals surface area contributed by atoms with Crippen LogP contribution in [0, 0.1) is 0 Å². The summed E-state index contributed by atoms with van der Waals surface area (Å²) in [7, 11) is 0. The molecule has 0 unspecified atom stereocenters. The lowest BCUT2D eigenvalue weighted by atomic mass is 9.80. The predicted octanol–water partition coefficient (Wildman–Crippen LogP) is 9.56. The fraction of sp³-hybridized carbons (Fsp3) is 0.143. The Hall–Kier alpha value is -3.90. The molecular weight excluding hydrogens is 420 g/mol. The zero-order chi connectivity index (χ0) is 24.0. The minimum absolute atomic E-state index is 0.0918. The van der Waals surface area contributed by atoms with Gasteiger partial charge in [0.1, 0.15) is 0 Å². The SMILES string of the molecule is CC(C)(C)c1cccc(-c2cc3c(c(-c4ccccc4)c2-c2ccccc2)Cc2ccccc2-3)c1. The van der Waals surface area contributed by atoms with Crippen LogP contribution in [-0.4, -0.2) is 0 Å². The number of hydrogen-bond donors (Lipinski definition) is 0. The summed E-state index contributed by atoms with van der Waals surface area (Å²) >= 11 is 0. The van der Waals surface area contributed by atoms with Crippen molar-refractivity contribution in [1.29, 1.82) is 0 Å². The van der Waals surface area contributed by atoms with E-state index in [1.54, 1.807) is 0 Å². The highest BCUT2D eigenvalue weighted by atomic mass is 14.3. The minimum Gasteiger partial charge on any atom is -0.0622 e. The molecule has 0 radical (unpaired) electrons. The van der Waals surface area contributed by atoms with E-state index in [0.717, 1.165) is 6.42 Å². The van der Waals surface area contributed by atoms with Crippen molar-refractivity contribution in [2.75, 3.05) is 0 Å². The van der Waals surface area contributed by atoms with Gasteiger partial charge in [0, 0.05) is 0 Å². The quantitative estimate of drug-likeness (QED) is 0.252. The topological polar surface area (TPSA) is 0 Å². The third kappa shape index (κ3) is 3.80. The van der Waals surface area contributed by atoms with Gasteiger partial charge in [0.25, 0.3) is 0 Å². The van der Waals surface area contributed by atoms with Gasteiger partial charge in [0.2, 0.25) is 0 Å². The number of fused-ring (bicyclic) bond motifs is 3. The van der Waals surface area contributed by atoms with Gasteiger partial charge < -0.3 is 0 Å². The highest BCUT2D eigenvalue weighted by Crippen LogP contribution is 2.50. The van der Waals surface area contributed by atoms with Crippen molar-refractivity contribution in [3.05, 3.63) is 132 Å². The molecule has 1 aliphatic rings. The van der Waals surface area contributed by atoms with Crippen molar-refractivity contribution in [2.45, 2.75) is 32.6 Å². The Morgan fingerprint density at radius 3 is 1.77 bits per heavy atom. The molecule has 0 bridgehead atoms. The second-order valence-corrected chi connectivity index (χ2v) is 10.6. The molecule has 6 rings (SSSR count). The van der Waals surface area contributed by atoms with Crippen molar-refractivity contribution in [2.24, 2.45) is 0 Å². The van der Waals surface area contributed by atoms with Crippen molar-refractivity contribution in [3.8, 4) is 44.5 Å². The van der Waals surface area contributed by atoms with Crippen molar-refractivity contribution in [1.82, 2.24) is 0 Å². The maximum absolute atomic E-state index is 2.46. The second-order valence-electron chi connectivity index (χ2n) is 10.6. The summed E-state index contributed by atoms with van der Waals surface area (Å²) in [6.45, 7) is 6.87. The van der Waals surface area contributed by atoms with Crippen LogP contribution < -0.4 is 0 Å². The molecule has 0 heterocycles. The van der Waals surface area contributed by atoms with Crippen LogP contribution >= 0.6 is 0 Å². The monoisotopic (exact) mass is 450 g/mol. The highest BCUT2D eigenvalue weighted by Gasteiger charge is 2.27. The standard InChI is InChI=1S/C35H30/c1-35(2,3)28-19-12-18-26(21-28)30-23-31-29-20-11-10-17-27(29)22-32(31)34(25-15-8-5-9-16-25)33(30)24-13-6-4-7-14-24/h4-21,23H,22H2,1-3H3. The summed E-state index contributed by atoms with van der Waals surface area (Å²) in [5.74, 6) is 0. The number of benzene rings is 5. The smallest absolute Gasteiger partial charge is 0.000705 e. The first kappa shape index (κ1) is 21.6. The average Bonchev–Trinajstić information content (AvgIpc) is 3.26. The first-order valence-electron chi connectivity index (χ1n) is 12.5. The first-order valence-corrected chi connectivity index (χ1v) is 12.5. The van der Waals surface area contributed by atoms with Crippen molar-refractivity contribution >= 4 is 0 Å². The number of hydrogen-bond acceptors (Lipinski definition) is 0. The molecule has 0 aromatic heterocycles. The second kappa shape index (κ2) is 8.40. The molecule has 0 saturated heterocycles. The van der Waals surface area contributed by atoms with Gasteiger partial charge in [-0.3, -0.25) is 0 Å². The van der Waals surface area contributed by atoms with Crippen LogP contribution in [-0.2, 0) is 11.8 Å². The van der Waals surface area contributed by atoms with Crippen LogP contribution in [0.4, 0.5) is 0 Å². The largest absolute Gasteiger partial charge is 0.0622 e. The van der Waals surface area contributed by atoms with Crippen LogP contribution in [0.3, 0.4) is 0 Å². The summed E-state index contributed by atoms with van der Waals surface area (Å²) in [4.78, 5) is 0. The summed E-state index contributed by atoms with van der Waals surface area (Å²) < 4.78 is 0. The van der Waals surface area contributed by atoms with Crippen LogP contribution in [0.25, 0.3) is 44.5 Å². The molecule has 0 saturated carbocycles. The van der Waals surface area contributed by atoms with Gasteiger partial charge in [-0.15, -0.1) is 0 Å². The molecule has 0 atom stereocenters. The van der Waals surface area contributed by atoms with Gasteiger partial charge in [-0.2, -0.15) is 0 Å². The van der Waals surface area contributed by atoms with E-state index in [4.69, 9.17) is 0 Å². The van der Waals surface area contributed by atoms with Gasteiger partial charge in [-0.25, -0.2) is 0 Å². The van der Waals surface area contributed by atoms with Crippen LogP contribution in [0.5, 0.6) is 0 Å². The van der Waals surface area contributed by atoms with Gasteiger partial charge in [0.15, 0.2) is 0 Å². The molecule has 0 amide bonds. The van der Waals surface area contributed by atoms with E-state index in [2.05, 4.69) is 136 Å². The van der Waals surface area contributed by atoms with Crippen LogP contribution in [0.1, 0.15) is 37.5 Å². The van der Waals surface area contributed by atoms with Crippen LogP contribution in [0.2, 0.25) is 0 Å². The van der Waals surface area contributed by atoms with E-state index in [1.807, 2.05) is 0 Å². The first-order chi connectivity index (χ1) is 17.0.